The van der Waals surface area contributed by atoms with Crippen LogP contribution in [0.15, 0.2) is 4.47 Å². The van der Waals surface area contributed by atoms with Crippen molar-refractivity contribution in [2.75, 3.05) is 6.54 Å². The summed E-state index contributed by atoms with van der Waals surface area (Å²) in [7, 11) is 0. The largest absolute Gasteiger partial charge is 0.389 e. The fourth-order valence-corrected chi connectivity index (χ4v) is 3.68. The first kappa shape index (κ1) is 17.0. The quantitative estimate of drug-likeness (QED) is 0.820. The Labute approximate surface area is 136 Å². The molecule has 1 aromatic rings. The number of aliphatic hydroxyl groups is 1. The van der Waals surface area contributed by atoms with Crippen molar-refractivity contribution in [2.24, 2.45) is 5.92 Å². The third kappa shape index (κ3) is 4.08. The summed E-state index contributed by atoms with van der Waals surface area (Å²) in [6, 6.07) is 0. The van der Waals surface area contributed by atoms with Crippen LogP contribution in [0.2, 0.25) is 0 Å². The number of hydrogen-bond acceptors (Lipinski definition) is 3. The minimum atomic E-state index is -0.524. The topological polar surface area (TPSA) is 50.1 Å². The summed E-state index contributed by atoms with van der Waals surface area (Å²) in [5, 5.41) is 18.6. The first-order valence-corrected chi connectivity index (χ1v) is 8.93. The Hall–Kier alpha value is -0.390. The van der Waals surface area contributed by atoms with Crippen molar-refractivity contribution in [3.8, 4) is 0 Å². The van der Waals surface area contributed by atoms with E-state index in [0.717, 1.165) is 54.9 Å². The molecule has 0 unspecified atom stereocenters. The molecular weight excluding hydrogens is 330 g/mol. The highest BCUT2D eigenvalue weighted by Crippen LogP contribution is 2.33. The number of aromatic nitrogens is 2. The second-order valence-corrected chi connectivity index (χ2v) is 7.13. The number of aryl methyl sites for hydroxylation is 2. The second-order valence-electron chi connectivity index (χ2n) is 6.34. The fourth-order valence-electron chi connectivity index (χ4n) is 3.25. The van der Waals surface area contributed by atoms with Crippen molar-refractivity contribution >= 4 is 15.9 Å². The molecule has 21 heavy (non-hydrogen) atoms. The first-order valence-electron chi connectivity index (χ1n) is 8.14. The van der Waals surface area contributed by atoms with Gasteiger partial charge >= 0.3 is 0 Å². The molecule has 2 rings (SSSR count). The molecule has 1 aliphatic rings. The van der Waals surface area contributed by atoms with Gasteiger partial charge in [0.1, 0.15) is 0 Å². The van der Waals surface area contributed by atoms with Gasteiger partial charge in [0, 0.05) is 19.6 Å². The molecule has 0 saturated heterocycles. The molecular formula is C16H28BrN3O. The summed E-state index contributed by atoms with van der Waals surface area (Å²) in [4.78, 5) is 0. The van der Waals surface area contributed by atoms with Gasteiger partial charge in [-0.25, -0.2) is 0 Å². The monoisotopic (exact) mass is 357 g/mol. The summed E-state index contributed by atoms with van der Waals surface area (Å²) < 4.78 is 3.10. The van der Waals surface area contributed by atoms with E-state index >= 15 is 0 Å². The molecule has 4 nitrogen and oxygen atoms in total. The Morgan fingerprint density at radius 3 is 2.62 bits per heavy atom. The Morgan fingerprint density at radius 1 is 1.38 bits per heavy atom. The number of rotatable bonds is 6. The number of hydrogen-bond donors (Lipinski definition) is 2. The number of halogens is 1. The van der Waals surface area contributed by atoms with Crippen LogP contribution < -0.4 is 5.32 Å². The highest BCUT2D eigenvalue weighted by Gasteiger charge is 2.32. The molecule has 2 N–H and O–H groups in total. The summed E-state index contributed by atoms with van der Waals surface area (Å²) in [6.07, 6.45) is 5.40. The molecule has 0 spiro atoms. The average Bonchev–Trinajstić information content (AvgIpc) is 2.75. The summed E-state index contributed by atoms with van der Waals surface area (Å²) in [5.41, 5.74) is 1.67. The Balaban J connectivity index is 1.87. The van der Waals surface area contributed by atoms with Crippen molar-refractivity contribution < 1.29 is 5.11 Å². The van der Waals surface area contributed by atoms with Crippen LogP contribution in [0.3, 0.4) is 0 Å². The van der Waals surface area contributed by atoms with Crippen molar-refractivity contribution in [2.45, 2.75) is 71.6 Å². The highest BCUT2D eigenvalue weighted by atomic mass is 79.9. The van der Waals surface area contributed by atoms with Gasteiger partial charge in [0.25, 0.3) is 0 Å². The minimum absolute atomic E-state index is 0.524. The van der Waals surface area contributed by atoms with Gasteiger partial charge in [0.15, 0.2) is 0 Å². The van der Waals surface area contributed by atoms with E-state index in [1.165, 1.54) is 12.1 Å². The zero-order valence-corrected chi connectivity index (χ0v) is 15.0. The molecule has 1 aliphatic carbocycles. The summed E-state index contributed by atoms with van der Waals surface area (Å²) in [6.45, 7) is 8.64. The maximum Gasteiger partial charge on any atom is 0.0771 e. The minimum Gasteiger partial charge on any atom is -0.389 e. The van der Waals surface area contributed by atoms with Crippen LogP contribution in [0.1, 0.15) is 57.3 Å². The smallest absolute Gasteiger partial charge is 0.0771 e. The molecule has 0 atom stereocenters. The lowest BCUT2D eigenvalue weighted by molar-refractivity contribution is -0.00892. The van der Waals surface area contributed by atoms with Gasteiger partial charge in [-0.3, -0.25) is 4.68 Å². The van der Waals surface area contributed by atoms with Crippen LogP contribution in [0.4, 0.5) is 0 Å². The van der Waals surface area contributed by atoms with Gasteiger partial charge in [-0.1, -0.05) is 13.3 Å². The first-order chi connectivity index (χ1) is 9.99. The van der Waals surface area contributed by atoms with E-state index in [9.17, 15) is 5.11 Å². The van der Waals surface area contributed by atoms with E-state index in [4.69, 9.17) is 0 Å². The Bertz CT molecular complexity index is 464. The molecule has 1 aromatic heterocycles. The molecule has 1 heterocycles. The SMILES string of the molecule is CCC1CCC(O)(CNCc2c(Br)c(C)nn2CC)CC1. The lowest BCUT2D eigenvalue weighted by Gasteiger charge is -2.36. The van der Waals surface area contributed by atoms with Crippen LogP contribution in [0.5, 0.6) is 0 Å². The predicted molar refractivity (Wildman–Crippen MR) is 89.2 cm³/mol. The van der Waals surface area contributed by atoms with Gasteiger partial charge in [0.2, 0.25) is 0 Å². The van der Waals surface area contributed by atoms with E-state index in [0.29, 0.717) is 6.54 Å². The van der Waals surface area contributed by atoms with Crippen molar-refractivity contribution in [1.29, 1.82) is 0 Å². The summed E-state index contributed by atoms with van der Waals surface area (Å²) >= 11 is 3.61. The second kappa shape index (κ2) is 7.25. The predicted octanol–water partition coefficient (Wildman–Crippen LogP) is 3.39. The molecule has 5 heteroatoms. The van der Waals surface area contributed by atoms with Crippen LogP contribution in [-0.4, -0.2) is 27.0 Å². The van der Waals surface area contributed by atoms with Crippen molar-refractivity contribution in [1.82, 2.24) is 15.1 Å². The molecule has 1 fully saturated rings. The Morgan fingerprint density at radius 2 is 2.05 bits per heavy atom. The zero-order chi connectivity index (χ0) is 15.5. The van der Waals surface area contributed by atoms with Gasteiger partial charge in [0.05, 0.1) is 21.5 Å². The Kier molecular flexibility index (Phi) is 5.86. The third-order valence-electron chi connectivity index (χ3n) is 4.81. The van der Waals surface area contributed by atoms with E-state index < -0.39 is 5.60 Å². The lowest BCUT2D eigenvalue weighted by atomic mass is 9.78. The van der Waals surface area contributed by atoms with Gasteiger partial charge in [-0.05, 0) is 61.4 Å². The highest BCUT2D eigenvalue weighted by molar-refractivity contribution is 9.10. The van der Waals surface area contributed by atoms with Gasteiger partial charge < -0.3 is 10.4 Å². The molecule has 1 saturated carbocycles. The zero-order valence-electron chi connectivity index (χ0n) is 13.5. The maximum atomic E-state index is 10.7. The fraction of sp³-hybridized carbons (Fsp3) is 0.812. The van der Waals surface area contributed by atoms with Crippen molar-refractivity contribution in [3.05, 3.63) is 15.9 Å². The van der Waals surface area contributed by atoms with E-state index in [2.05, 4.69) is 40.2 Å². The molecule has 120 valence electrons. The average molecular weight is 358 g/mol. The number of nitrogens with zero attached hydrogens (tertiary/aromatic N) is 2. The lowest BCUT2D eigenvalue weighted by Crippen LogP contribution is -2.43. The molecule has 0 bridgehead atoms. The normalized spacial score (nSPS) is 26.2. The van der Waals surface area contributed by atoms with Crippen LogP contribution in [0.25, 0.3) is 0 Å². The molecule has 0 aromatic carbocycles. The van der Waals surface area contributed by atoms with Crippen LogP contribution >= 0.6 is 15.9 Å². The maximum absolute atomic E-state index is 10.7. The van der Waals surface area contributed by atoms with Crippen molar-refractivity contribution in [3.63, 3.8) is 0 Å². The standard InChI is InChI=1S/C16H28BrN3O/c1-4-13-6-8-16(21,9-7-13)11-18-10-14-15(17)12(3)19-20(14)5-2/h13,18,21H,4-11H2,1-3H3. The van der Waals surface area contributed by atoms with E-state index in [1.54, 1.807) is 0 Å². The molecule has 0 amide bonds. The summed E-state index contributed by atoms with van der Waals surface area (Å²) in [5.74, 6) is 0.809. The van der Waals surface area contributed by atoms with E-state index in [1.807, 2.05) is 11.6 Å². The third-order valence-corrected chi connectivity index (χ3v) is 5.84. The molecule has 0 aliphatic heterocycles. The van der Waals surface area contributed by atoms with Gasteiger partial charge in [-0.2, -0.15) is 5.10 Å². The number of nitrogens with one attached hydrogen (secondary N) is 1. The van der Waals surface area contributed by atoms with Gasteiger partial charge in [-0.15, -0.1) is 0 Å². The van der Waals surface area contributed by atoms with E-state index in [-0.39, 0.29) is 0 Å². The van der Waals surface area contributed by atoms with Crippen LogP contribution in [0, 0.1) is 12.8 Å². The van der Waals surface area contributed by atoms with Crippen LogP contribution in [-0.2, 0) is 13.1 Å². The molecule has 0 radical (unpaired) electrons.